The topological polar surface area (TPSA) is 66.8 Å². The molecule has 4 heteroatoms. The summed E-state index contributed by atoms with van der Waals surface area (Å²) < 4.78 is 6.55. The Labute approximate surface area is 183 Å². The number of phenolic OH excluding ortho intramolecular Hbond substituents is 1. The first-order valence-electron chi connectivity index (χ1n) is 11.8. The van der Waals surface area contributed by atoms with Crippen LogP contribution >= 0.6 is 0 Å². The van der Waals surface area contributed by atoms with Crippen molar-refractivity contribution in [3.8, 4) is 11.5 Å². The zero-order valence-electron chi connectivity index (χ0n) is 19.9. The number of rotatable bonds is 11. The standard InChI is InChI=1S/C26H42O4/c1-17(9-7-10-18(2)12-13-23(27)28)11-8-15-26(6)16-14-22-21(5)24(29)19(3)20(4)25(22)30-26/h17-18,29H,7-16H2,1-6H3,(H,27,28). The fraction of sp³-hybridized carbons (Fsp3) is 0.731. The maximum absolute atomic E-state index is 10.7. The van der Waals surface area contributed by atoms with Crippen LogP contribution in [0, 0.1) is 32.6 Å². The molecule has 0 radical (unpaired) electrons. The fourth-order valence-electron chi connectivity index (χ4n) is 4.77. The molecule has 0 aromatic heterocycles. The van der Waals surface area contributed by atoms with E-state index in [1.54, 1.807) is 0 Å². The average Bonchev–Trinajstić information content (AvgIpc) is 2.69. The number of aliphatic carboxylic acids is 1. The second-order valence-corrected chi connectivity index (χ2v) is 10.0. The molecule has 170 valence electrons. The van der Waals surface area contributed by atoms with Crippen LogP contribution in [0.5, 0.6) is 11.5 Å². The molecule has 1 heterocycles. The van der Waals surface area contributed by atoms with E-state index in [0.717, 1.165) is 61.0 Å². The monoisotopic (exact) mass is 418 g/mol. The highest BCUT2D eigenvalue weighted by Gasteiger charge is 2.34. The molecule has 1 aromatic carbocycles. The summed E-state index contributed by atoms with van der Waals surface area (Å²) in [5, 5.41) is 19.1. The Bertz CT molecular complexity index is 739. The maximum Gasteiger partial charge on any atom is 0.303 e. The molecule has 1 aliphatic heterocycles. The number of carbonyl (C=O) groups is 1. The molecule has 0 fully saturated rings. The van der Waals surface area contributed by atoms with Crippen molar-refractivity contribution in [2.24, 2.45) is 11.8 Å². The third kappa shape index (κ3) is 6.39. The third-order valence-electron chi connectivity index (χ3n) is 7.24. The lowest BCUT2D eigenvalue weighted by Gasteiger charge is -2.38. The van der Waals surface area contributed by atoms with E-state index in [0.29, 0.717) is 17.6 Å². The van der Waals surface area contributed by atoms with Gasteiger partial charge < -0.3 is 14.9 Å². The fourth-order valence-corrected chi connectivity index (χ4v) is 4.77. The van der Waals surface area contributed by atoms with Crippen molar-refractivity contribution >= 4 is 5.97 Å². The lowest BCUT2D eigenvalue weighted by molar-refractivity contribution is -0.137. The van der Waals surface area contributed by atoms with E-state index in [9.17, 15) is 9.90 Å². The zero-order valence-corrected chi connectivity index (χ0v) is 19.9. The molecule has 1 aliphatic rings. The van der Waals surface area contributed by atoms with Gasteiger partial charge in [-0.15, -0.1) is 0 Å². The Balaban J connectivity index is 1.78. The van der Waals surface area contributed by atoms with Gasteiger partial charge in [0.15, 0.2) is 0 Å². The first-order valence-corrected chi connectivity index (χ1v) is 11.8. The van der Waals surface area contributed by atoms with E-state index < -0.39 is 5.97 Å². The van der Waals surface area contributed by atoms with E-state index in [-0.39, 0.29) is 12.0 Å². The number of carboxylic acids is 1. The minimum absolute atomic E-state index is 0.126. The largest absolute Gasteiger partial charge is 0.507 e. The lowest BCUT2D eigenvalue weighted by atomic mass is 9.84. The highest BCUT2D eigenvalue weighted by molar-refractivity contribution is 5.66. The van der Waals surface area contributed by atoms with Crippen LogP contribution in [0.3, 0.4) is 0 Å². The van der Waals surface area contributed by atoms with Crippen molar-refractivity contribution in [3.63, 3.8) is 0 Å². The van der Waals surface area contributed by atoms with E-state index in [4.69, 9.17) is 9.84 Å². The Morgan fingerprint density at radius 2 is 1.60 bits per heavy atom. The van der Waals surface area contributed by atoms with Gasteiger partial charge in [-0.1, -0.05) is 39.5 Å². The second kappa shape index (κ2) is 10.5. The van der Waals surface area contributed by atoms with Crippen molar-refractivity contribution < 1.29 is 19.7 Å². The number of phenols is 1. The zero-order chi connectivity index (χ0) is 22.5. The quantitative estimate of drug-likeness (QED) is 0.411. The Kier molecular flexibility index (Phi) is 8.63. The van der Waals surface area contributed by atoms with Crippen molar-refractivity contribution in [2.75, 3.05) is 0 Å². The number of ether oxygens (including phenoxy) is 1. The summed E-state index contributed by atoms with van der Waals surface area (Å²) in [6, 6.07) is 0. The number of aromatic hydroxyl groups is 1. The minimum Gasteiger partial charge on any atom is -0.507 e. The highest BCUT2D eigenvalue weighted by atomic mass is 16.5. The molecule has 0 spiro atoms. The van der Waals surface area contributed by atoms with Gasteiger partial charge in [0.1, 0.15) is 17.1 Å². The molecule has 4 nitrogen and oxygen atoms in total. The second-order valence-electron chi connectivity index (χ2n) is 10.0. The van der Waals surface area contributed by atoms with Crippen LogP contribution in [0.1, 0.15) is 101 Å². The normalized spacial score (nSPS) is 20.3. The Morgan fingerprint density at radius 1 is 1.00 bits per heavy atom. The summed E-state index contributed by atoms with van der Waals surface area (Å²) in [7, 11) is 0. The molecule has 1 aromatic rings. The summed E-state index contributed by atoms with van der Waals surface area (Å²) >= 11 is 0. The van der Waals surface area contributed by atoms with Gasteiger partial charge >= 0.3 is 5.97 Å². The Hall–Kier alpha value is -1.71. The van der Waals surface area contributed by atoms with Gasteiger partial charge in [-0.25, -0.2) is 0 Å². The van der Waals surface area contributed by atoms with E-state index >= 15 is 0 Å². The summed E-state index contributed by atoms with van der Waals surface area (Å²) in [6.45, 7) is 12.8. The van der Waals surface area contributed by atoms with E-state index in [2.05, 4.69) is 27.7 Å². The molecule has 0 bridgehead atoms. The van der Waals surface area contributed by atoms with Crippen molar-refractivity contribution in [1.82, 2.24) is 0 Å². The average molecular weight is 419 g/mol. The predicted octanol–water partition coefficient (Wildman–Crippen LogP) is 6.88. The van der Waals surface area contributed by atoms with Crippen LogP contribution < -0.4 is 4.74 Å². The molecule has 30 heavy (non-hydrogen) atoms. The van der Waals surface area contributed by atoms with Crippen molar-refractivity contribution in [3.05, 3.63) is 22.3 Å². The van der Waals surface area contributed by atoms with Gasteiger partial charge in [0, 0.05) is 12.0 Å². The summed E-state index contributed by atoms with van der Waals surface area (Å²) in [5.41, 5.74) is 4.03. The predicted molar refractivity (Wildman–Crippen MR) is 123 cm³/mol. The van der Waals surface area contributed by atoms with Gasteiger partial charge in [0.2, 0.25) is 0 Å². The SMILES string of the molecule is Cc1c(C)c2c(c(C)c1O)CCC(C)(CCCC(C)CCCC(C)CCC(=O)O)O2. The molecule has 3 unspecified atom stereocenters. The van der Waals surface area contributed by atoms with Crippen molar-refractivity contribution in [1.29, 1.82) is 0 Å². The van der Waals surface area contributed by atoms with Crippen LogP contribution in [-0.2, 0) is 11.2 Å². The molecule has 2 rings (SSSR count). The lowest BCUT2D eigenvalue weighted by Crippen LogP contribution is -2.37. The number of carboxylic acid groups (broad SMARTS) is 1. The van der Waals surface area contributed by atoms with Crippen LogP contribution in [0.25, 0.3) is 0 Å². The molecular weight excluding hydrogens is 376 g/mol. The van der Waals surface area contributed by atoms with Crippen LogP contribution in [-0.4, -0.2) is 21.8 Å². The van der Waals surface area contributed by atoms with Gasteiger partial charge in [-0.3, -0.25) is 4.79 Å². The van der Waals surface area contributed by atoms with Gasteiger partial charge in [-0.05, 0) is 88.3 Å². The van der Waals surface area contributed by atoms with Gasteiger partial charge in [0.25, 0.3) is 0 Å². The van der Waals surface area contributed by atoms with Crippen LogP contribution in [0.15, 0.2) is 0 Å². The van der Waals surface area contributed by atoms with Crippen molar-refractivity contribution in [2.45, 2.75) is 111 Å². The van der Waals surface area contributed by atoms with E-state index in [1.807, 2.05) is 13.8 Å². The maximum atomic E-state index is 10.7. The minimum atomic E-state index is -0.686. The van der Waals surface area contributed by atoms with Crippen LogP contribution in [0.4, 0.5) is 0 Å². The van der Waals surface area contributed by atoms with Gasteiger partial charge in [0.05, 0.1) is 0 Å². The summed E-state index contributed by atoms with van der Waals surface area (Å²) in [6.07, 6.45) is 10.0. The third-order valence-corrected chi connectivity index (χ3v) is 7.24. The number of hydrogen-bond donors (Lipinski definition) is 2. The molecule has 0 saturated carbocycles. The van der Waals surface area contributed by atoms with Crippen LogP contribution in [0.2, 0.25) is 0 Å². The molecule has 2 N–H and O–H groups in total. The molecule has 0 amide bonds. The number of benzene rings is 1. The highest BCUT2D eigenvalue weighted by Crippen LogP contribution is 2.44. The number of hydrogen-bond acceptors (Lipinski definition) is 3. The summed E-state index contributed by atoms with van der Waals surface area (Å²) in [5.74, 6) is 1.93. The smallest absolute Gasteiger partial charge is 0.303 e. The Morgan fingerprint density at radius 3 is 2.23 bits per heavy atom. The van der Waals surface area contributed by atoms with Gasteiger partial charge in [-0.2, -0.15) is 0 Å². The summed E-state index contributed by atoms with van der Waals surface area (Å²) in [4.78, 5) is 10.7. The number of fused-ring (bicyclic) bond motifs is 1. The van der Waals surface area contributed by atoms with E-state index in [1.165, 1.54) is 24.8 Å². The molecule has 0 saturated heterocycles. The first kappa shape index (κ1) is 24.6. The molecular formula is C26H42O4. The molecule has 0 aliphatic carbocycles. The molecule has 3 atom stereocenters. The first-order chi connectivity index (χ1) is 14.0.